The SMILES string of the molecule is CC(C)Cc1ccc(C(O)CNCc2nccn2C)cc1. The molecule has 2 aromatic rings. The Morgan fingerprint density at radius 3 is 2.52 bits per heavy atom. The predicted molar refractivity (Wildman–Crippen MR) is 84.9 cm³/mol. The van der Waals surface area contributed by atoms with Crippen molar-refractivity contribution < 1.29 is 5.11 Å². The maximum absolute atomic E-state index is 10.2. The lowest BCUT2D eigenvalue weighted by molar-refractivity contribution is 0.174. The molecule has 2 rings (SSSR count). The van der Waals surface area contributed by atoms with Crippen LogP contribution in [0.4, 0.5) is 0 Å². The Hall–Kier alpha value is -1.65. The largest absolute Gasteiger partial charge is 0.387 e. The van der Waals surface area contributed by atoms with Crippen LogP contribution in [0, 0.1) is 5.92 Å². The molecule has 2 N–H and O–H groups in total. The quantitative estimate of drug-likeness (QED) is 0.822. The summed E-state index contributed by atoms with van der Waals surface area (Å²) in [5.74, 6) is 1.62. The van der Waals surface area contributed by atoms with E-state index in [1.54, 1.807) is 6.20 Å². The Morgan fingerprint density at radius 2 is 1.95 bits per heavy atom. The van der Waals surface area contributed by atoms with Gasteiger partial charge in [-0.1, -0.05) is 38.1 Å². The lowest BCUT2D eigenvalue weighted by Gasteiger charge is -2.13. The van der Waals surface area contributed by atoms with Gasteiger partial charge in [-0.25, -0.2) is 4.98 Å². The molecule has 0 aliphatic rings. The van der Waals surface area contributed by atoms with Gasteiger partial charge in [-0.3, -0.25) is 0 Å². The van der Waals surface area contributed by atoms with Crippen LogP contribution in [0.25, 0.3) is 0 Å². The van der Waals surface area contributed by atoms with Gasteiger partial charge >= 0.3 is 0 Å². The van der Waals surface area contributed by atoms with Crippen molar-refractivity contribution >= 4 is 0 Å². The first-order chi connectivity index (χ1) is 10.1. The van der Waals surface area contributed by atoms with Gasteiger partial charge in [0.25, 0.3) is 0 Å². The Kier molecular flexibility index (Phi) is 5.53. The summed E-state index contributed by atoms with van der Waals surface area (Å²) in [6.45, 7) is 5.61. The molecule has 0 aliphatic heterocycles. The average molecular weight is 287 g/mol. The van der Waals surface area contributed by atoms with Crippen LogP contribution in [0.3, 0.4) is 0 Å². The summed E-state index contributed by atoms with van der Waals surface area (Å²) in [5.41, 5.74) is 2.27. The summed E-state index contributed by atoms with van der Waals surface area (Å²) in [5, 5.41) is 13.4. The van der Waals surface area contributed by atoms with Gasteiger partial charge in [-0.05, 0) is 23.5 Å². The molecule has 1 aromatic carbocycles. The van der Waals surface area contributed by atoms with Gasteiger partial charge in [0.15, 0.2) is 0 Å². The lowest BCUT2D eigenvalue weighted by Crippen LogP contribution is -2.22. The zero-order valence-electron chi connectivity index (χ0n) is 13.1. The number of aryl methyl sites for hydroxylation is 1. The Balaban J connectivity index is 1.82. The summed E-state index contributed by atoms with van der Waals surface area (Å²) in [6, 6.07) is 8.25. The topological polar surface area (TPSA) is 50.1 Å². The Labute approximate surface area is 126 Å². The monoisotopic (exact) mass is 287 g/mol. The minimum absolute atomic E-state index is 0.488. The van der Waals surface area contributed by atoms with Gasteiger partial charge in [-0.15, -0.1) is 0 Å². The molecule has 1 aromatic heterocycles. The Morgan fingerprint density at radius 1 is 1.24 bits per heavy atom. The number of aliphatic hydroxyl groups is 1. The third-order valence-corrected chi connectivity index (χ3v) is 3.55. The molecule has 0 aliphatic carbocycles. The molecule has 0 saturated carbocycles. The lowest BCUT2D eigenvalue weighted by atomic mass is 10.0. The first-order valence-electron chi connectivity index (χ1n) is 7.50. The third kappa shape index (κ3) is 4.69. The van der Waals surface area contributed by atoms with E-state index in [0.717, 1.165) is 17.8 Å². The molecular weight excluding hydrogens is 262 g/mol. The van der Waals surface area contributed by atoms with Crippen LogP contribution in [-0.2, 0) is 20.0 Å². The fourth-order valence-corrected chi connectivity index (χ4v) is 2.35. The van der Waals surface area contributed by atoms with Gasteiger partial charge in [-0.2, -0.15) is 0 Å². The molecule has 0 spiro atoms. The summed E-state index contributed by atoms with van der Waals surface area (Å²) >= 11 is 0. The number of nitrogens with zero attached hydrogens (tertiary/aromatic N) is 2. The van der Waals surface area contributed by atoms with E-state index in [9.17, 15) is 5.11 Å². The van der Waals surface area contributed by atoms with Crippen molar-refractivity contribution in [3.8, 4) is 0 Å². The van der Waals surface area contributed by atoms with E-state index in [-0.39, 0.29) is 0 Å². The molecular formula is C17H25N3O. The molecule has 0 bridgehead atoms. The molecule has 4 heteroatoms. The second-order valence-electron chi connectivity index (χ2n) is 5.94. The van der Waals surface area contributed by atoms with Crippen molar-refractivity contribution in [2.24, 2.45) is 13.0 Å². The molecule has 21 heavy (non-hydrogen) atoms. The van der Waals surface area contributed by atoms with Crippen molar-refractivity contribution in [1.29, 1.82) is 0 Å². The predicted octanol–water partition coefficient (Wildman–Crippen LogP) is 2.44. The second-order valence-corrected chi connectivity index (χ2v) is 5.94. The van der Waals surface area contributed by atoms with Crippen LogP contribution < -0.4 is 5.32 Å². The van der Waals surface area contributed by atoms with Crippen LogP contribution >= 0.6 is 0 Å². The van der Waals surface area contributed by atoms with Crippen molar-refractivity contribution in [3.05, 3.63) is 53.6 Å². The number of hydrogen-bond donors (Lipinski definition) is 2. The number of imidazole rings is 1. The van der Waals surface area contributed by atoms with Crippen molar-refractivity contribution in [2.45, 2.75) is 32.9 Å². The summed E-state index contributed by atoms with van der Waals surface area (Å²) in [7, 11) is 1.97. The molecule has 0 saturated heterocycles. The number of nitrogens with one attached hydrogen (secondary N) is 1. The second kappa shape index (κ2) is 7.38. The maximum Gasteiger partial charge on any atom is 0.122 e. The molecule has 0 radical (unpaired) electrons. The molecule has 4 nitrogen and oxygen atoms in total. The molecule has 114 valence electrons. The van der Waals surface area contributed by atoms with E-state index >= 15 is 0 Å². The van der Waals surface area contributed by atoms with Crippen LogP contribution in [0.2, 0.25) is 0 Å². The highest BCUT2D eigenvalue weighted by Gasteiger charge is 2.08. The molecule has 0 amide bonds. The number of rotatable bonds is 7. The average Bonchev–Trinajstić information content (AvgIpc) is 2.84. The van der Waals surface area contributed by atoms with Gasteiger partial charge in [0.05, 0.1) is 12.6 Å². The highest BCUT2D eigenvalue weighted by atomic mass is 16.3. The van der Waals surface area contributed by atoms with Crippen molar-refractivity contribution in [2.75, 3.05) is 6.54 Å². The molecule has 1 heterocycles. The van der Waals surface area contributed by atoms with Crippen LogP contribution in [-0.4, -0.2) is 21.2 Å². The van der Waals surface area contributed by atoms with Crippen LogP contribution in [0.1, 0.15) is 36.9 Å². The van der Waals surface area contributed by atoms with E-state index in [2.05, 4.69) is 36.3 Å². The first-order valence-corrected chi connectivity index (χ1v) is 7.50. The van der Waals surface area contributed by atoms with Crippen molar-refractivity contribution in [3.63, 3.8) is 0 Å². The third-order valence-electron chi connectivity index (χ3n) is 3.55. The summed E-state index contributed by atoms with van der Waals surface area (Å²) in [4.78, 5) is 4.24. The first kappa shape index (κ1) is 15.7. The Bertz CT molecular complexity index is 545. The van der Waals surface area contributed by atoms with Crippen LogP contribution in [0.5, 0.6) is 0 Å². The van der Waals surface area contributed by atoms with Gasteiger partial charge in [0, 0.05) is 26.0 Å². The fourth-order valence-electron chi connectivity index (χ4n) is 2.35. The molecule has 1 unspecified atom stereocenters. The molecule has 1 atom stereocenters. The summed E-state index contributed by atoms with van der Waals surface area (Å²) < 4.78 is 1.97. The van der Waals surface area contributed by atoms with E-state index in [4.69, 9.17) is 0 Å². The van der Waals surface area contributed by atoms with E-state index in [1.807, 2.05) is 29.9 Å². The van der Waals surface area contributed by atoms with Gasteiger partial charge in [0.2, 0.25) is 0 Å². The van der Waals surface area contributed by atoms with Gasteiger partial charge < -0.3 is 15.0 Å². The van der Waals surface area contributed by atoms with Crippen molar-refractivity contribution in [1.82, 2.24) is 14.9 Å². The smallest absolute Gasteiger partial charge is 0.122 e. The standard InChI is InChI=1S/C17H25N3O/c1-13(2)10-14-4-6-15(7-5-14)16(21)11-18-12-17-19-8-9-20(17)3/h4-9,13,16,18,21H,10-12H2,1-3H3. The zero-order valence-corrected chi connectivity index (χ0v) is 13.1. The zero-order chi connectivity index (χ0) is 15.2. The highest BCUT2D eigenvalue weighted by molar-refractivity contribution is 5.24. The number of hydrogen-bond acceptors (Lipinski definition) is 3. The van der Waals surface area contributed by atoms with Crippen LogP contribution in [0.15, 0.2) is 36.7 Å². The molecule has 0 fully saturated rings. The van der Waals surface area contributed by atoms with Gasteiger partial charge in [0.1, 0.15) is 5.82 Å². The number of aliphatic hydroxyl groups excluding tert-OH is 1. The highest BCUT2D eigenvalue weighted by Crippen LogP contribution is 2.15. The van der Waals surface area contributed by atoms with E-state index in [1.165, 1.54) is 5.56 Å². The normalized spacial score (nSPS) is 12.8. The van der Waals surface area contributed by atoms with E-state index < -0.39 is 6.10 Å². The minimum Gasteiger partial charge on any atom is -0.387 e. The van der Waals surface area contributed by atoms with E-state index in [0.29, 0.717) is 19.0 Å². The fraction of sp³-hybridized carbons (Fsp3) is 0.471. The number of benzene rings is 1. The maximum atomic E-state index is 10.2. The number of aromatic nitrogens is 2. The minimum atomic E-state index is -0.488. The summed E-state index contributed by atoms with van der Waals surface area (Å²) in [6.07, 6.45) is 4.29.